The van der Waals surface area contributed by atoms with Crippen LogP contribution in [0.1, 0.15) is 41.9 Å². The van der Waals surface area contributed by atoms with E-state index in [1.165, 1.54) is 5.57 Å². The summed E-state index contributed by atoms with van der Waals surface area (Å²) in [6.07, 6.45) is 0.850. The molecule has 3 heterocycles. The first kappa shape index (κ1) is 16.8. The summed E-state index contributed by atoms with van der Waals surface area (Å²) in [7, 11) is 1.96. The molecule has 26 heavy (non-hydrogen) atoms. The van der Waals surface area contributed by atoms with Gasteiger partial charge in [-0.15, -0.1) is 0 Å². The molecule has 1 atom stereocenters. The molecule has 0 spiro atoms. The van der Waals surface area contributed by atoms with E-state index in [1.807, 2.05) is 47.6 Å². The van der Waals surface area contributed by atoms with Gasteiger partial charge in [0, 0.05) is 29.0 Å². The van der Waals surface area contributed by atoms with Gasteiger partial charge in [-0.3, -0.25) is 4.68 Å². The summed E-state index contributed by atoms with van der Waals surface area (Å²) in [5.41, 5.74) is 6.54. The molecule has 4 rings (SSSR count). The highest BCUT2D eigenvalue weighted by molar-refractivity contribution is 6.30. The fraction of sp³-hybridized carbons (Fsp3) is 0.333. The Morgan fingerprint density at radius 1 is 1.19 bits per heavy atom. The number of nitrogens with one attached hydrogen (secondary N) is 1. The van der Waals surface area contributed by atoms with Gasteiger partial charge in [-0.25, -0.2) is 0 Å². The molecule has 0 bridgehead atoms. The van der Waals surface area contributed by atoms with Crippen LogP contribution in [0.15, 0.2) is 29.8 Å². The van der Waals surface area contributed by atoms with E-state index in [-0.39, 0.29) is 6.04 Å². The average molecular weight is 370 g/mol. The van der Waals surface area contributed by atoms with Crippen molar-refractivity contribution in [3.8, 4) is 0 Å². The van der Waals surface area contributed by atoms with Crippen molar-refractivity contribution < 1.29 is 0 Å². The average Bonchev–Trinajstić information content (AvgIpc) is 3.19. The molecule has 0 fully saturated rings. The third-order valence-corrected chi connectivity index (χ3v) is 5.23. The third kappa shape index (κ3) is 2.50. The van der Waals surface area contributed by atoms with E-state index in [2.05, 4.69) is 39.8 Å². The van der Waals surface area contributed by atoms with Gasteiger partial charge in [-0.1, -0.05) is 35.8 Å². The van der Waals surface area contributed by atoms with Gasteiger partial charge in [0.1, 0.15) is 6.04 Å². The van der Waals surface area contributed by atoms with Crippen LogP contribution < -0.4 is 5.32 Å². The SMILES string of the molecule is CCC1=C(c2ccc(Cl)cc2)Nc2nnnn2C1c1c(C)nn(C)c1C. The third-order valence-electron chi connectivity index (χ3n) is 4.98. The number of tetrazole rings is 1. The predicted molar refractivity (Wildman–Crippen MR) is 101 cm³/mol. The molecule has 7 nitrogen and oxygen atoms in total. The summed E-state index contributed by atoms with van der Waals surface area (Å²) in [6, 6.07) is 7.73. The van der Waals surface area contributed by atoms with Crippen molar-refractivity contribution in [3.63, 3.8) is 0 Å². The number of nitrogens with zero attached hydrogens (tertiary/aromatic N) is 6. The Bertz CT molecular complexity index is 997. The smallest absolute Gasteiger partial charge is 0.248 e. The van der Waals surface area contributed by atoms with Crippen molar-refractivity contribution in [1.82, 2.24) is 30.0 Å². The van der Waals surface area contributed by atoms with E-state index >= 15 is 0 Å². The summed E-state index contributed by atoms with van der Waals surface area (Å²) in [5, 5.41) is 21.0. The summed E-state index contributed by atoms with van der Waals surface area (Å²) in [5.74, 6) is 0.625. The van der Waals surface area contributed by atoms with Crippen molar-refractivity contribution in [1.29, 1.82) is 0 Å². The molecule has 1 aromatic carbocycles. The van der Waals surface area contributed by atoms with E-state index in [0.717, 1.165) is 34.6 Å². The second kappa shape index (κ2) is 6.25. The van der Waals surface area contributed by atoms with Crippen LogP contribution in [0.25, 0.3) is 5.70 Å². The maximum Gasteiger partial charge on any atom is 0.248 e. The number of hydrogen-bond donors (Lipinski definition) is 1. The van der Waals surface area contributed by atoms with Crippen molar-refractivity contribution in [2.75, 3.05) is 5.32 Å². The highest BCUT2D eigenvalue weighted by Crippen LogP contribution is 2.41. The fourth-order valence-electron chi connectivity index (χ4n) is 3.65. The molecule has 0 radical (unpaired) electrons. The van der Waals surface area contributed by atoms with Crippen molar-refractivity contribution in [2.45, 2.75) is 33.2 Å². The van der Waals surface area contributed by atoms with Crippen molar-refractivity contribution in [3.05, 3.63) is 57.4 Å². The molecule has 2 aromatic heterocycles. The molecule has 1 N–H and O–H groups in total. The second-order valence-corrected chi connectivity index (χ2v) is 6.88. The lowest BCUT2D eigenvalue weighted by Gasteiger charge is -2.30. The Morgan fingerprint density at radius 2 is 1.92 bits per heavy atom. The molecule has 0 amide bonds. The van der Waals surface area contributed by atoms with Crippen LogP contribution in [0.2, 0.25) is 5.02 Å². The molecule has 1 aliphatic heterocycles. The molecule has 1 unspecified atom stereocenters. The fourth-order valence-corrected chi connectivity index (χ4v) is 3.78. The number of aryl methyl sites for hydroxylation is 2. The molecular formula is C18H20ClN7. The maximum absolute atomic E-state index is 6.07. The maximum atomic E-state index is 6.07. The number of halogens is 1. The Morgan fingerprint density at radius 3 is 2.54 bits per heavy atom. The normalized spacial score (nSPS) is 16.6. The summed E-state index contributed by atoms with van der Waals surface area (Å²) < 4.78 is 3.75. The molecule has 8 heteroatoms. The Kier molecular flexibility index (Phi) is 4.03. The topological polar surface area (TPSA) is 73.5 Å². The highest BCUT2D eigenvalue weighted by Gasteiger charge is 2.34. The summed E-state index contributed by atoms with van der Waals surface area (Å²) in [6.45, 7) is 6.26. The van der Waals surface area contributed by atoms with Crippen molar-refractivity contribution >= 4 is 23.2 Å². The predicted octanol–water partition coefficient (Wildman–Crippen LogP) is 3.51. The summed E-state index contributed by atoms with van der Waals surface area (Å²) in [4.78, 5) is 0. The lowest BCUT2D eigenvalue weighted by molar-refractivity contribution is 0.547. The number of fused-ring (bicyclic) bond motifs is 1. The minimum Gasteiger partial charge on any atom is -0.322 e. The molecule has 0 aliphatic carbocycles. The van der Waals surface area contributed by atoms with Gasteiger partial charge in [-0.2, -0.15) is 9.78 Å². The van der Waals surface area contributed by atoms with Crippen molar-refractivity contribution in [2.24, 2.45) is 7.05 Å². The first-order valence-electron chi connectivity index (χ1n) is 8.55. The molecule has 0 saturated heterocycles. The quantitative estimate of drug-likeness (QED) is 0.764. The van der Waals surface area contributed by atoms with E-state index in [1.54, 1.807) is 0 Å². The number of aromatic nitrogens is 6. The largest absolute Gasteiger partial charge is 0.322 e. The highest BCUT2D eigenvalue weighted by atomic mass is 35.5. The van der Waals surface area contributed by atoms with Gasteiger partial charge in [0.05, 0.1) is 5.69 Å². The van der Waals surface area contributed by atoms with Crippen LogP contribution in [0, 0.1) is 13.8 Å². The molecular weight excluding hydrogens is 350 g/mol. The zero-order valence-corrected chi connectivity index (χ0v) is 15.9. The molecule has 3 aromatic rings. The number of rotatable bonds is 3. The van der Waals surface area contributed by atoms with Crippen LogP contribution >= 0.6 is 11.6 Å². The minimum absolute atomic E-state index is 0.0920. The van der Waals surface area contributed by atoms with Crippen LogP contribution in [-0.4, -0.2) is 30.0 Å². The zero-order valence-electron chi connectivity index (χ0n) is 15.2. The van der Waals surface area contributed by atoms with E-state index < -0.39 is 0 Å². The molecule has 0 saturated carbocycles. The van der Waals surface area contributed by atoms with Gasteiger partial charge < -0.3 is 5.32 Å². The number of benzene rings is 1. The lowest BCUT2D eigenvalue weighted by Crippen LogP contribution is -2.25. The number of hydrogen-bond acceptors (Lipinski definition) is 5. The number of allylic oxidation sites excluding steroid dienone is 1. The van der Waals surface area contributed by atoms with Gasteiger partial charge >= 0.3 is 0 Å². The van der Waals surface area contributed by atoms with Crippen LogP contribution in [-0.2, 0) is 7.05 Å². The first-order chi connectivity index (χ1) is 12.5. The Labute approximate surface area is 156 Å². The Hall–Kier alpha value is -2.67. The first-order valence-corrected chi connectivity index (χ1v) is 8.93. The zero-order chi connectivity index (χ0) is 18.4. The van der Waals surface area contributed by atoms with Crippen LogP contribution in [0.4, 0.5) is 5.95 Å². The van der Waals surface area contributed by atoms with E-state index in [9.17, 15) is 0 Å². The number of anilines is 1. The van der Waals surface area contributed by atoms with Gasteiger partial charge in [0.25, 0.3) is 0 Å². The monoisotopic (exact) mass is 369 g/mol. The standard InChI is InChI=1S/C18H20ClN7/c1-5-14-16(12-6-8-13(19)9-7-12)20-18-21-23-24-26(18)17(14)15-10(2)22-25(4)11(15)3/h6-9,17H,5H2,1-4H3,(H,20,21,24). The minimum atomic E-state index is -0.0920. The van der Waals surface area contributed by atoms with E-state index in [4.69, 9.17) is 11.6 Å². The van der Waals surface area contributed by atoms with E-state index in [0.29, 0.717) is 11.0 Å². The molecule has 1 aliphatic rings. The van der Waals surface area contributed by atoms with Crippen LogP contribution in [0.5, 0.6) is 0 Å². The molecule has 134 valence electrons. The van der Waals surface area contributed by atoms with Crippen LogP contribution in [0.3, 0.4) is 0 Å². The second-order valence-electron chi connectivity index (χ2n) is 6.44. The van der Waals surface area contributed by atoms with Gasteiger partial charge in [0.2, 0.25) is 5.95 Å². The lowest BCUT2D eigenvalue weighted by atomic mass is 9.90. The summed E-state index contributed by atoms with van der Waals surface area (Å²) >= 11 is 6.07. The van der Waals surface area contributed by atoms with Gasteiger partial charge in [0.15, 0.2) is 0 Å². The van der Waals surface area contributed by atoms with Gasteiger partial charge in [-0.05, 0) is 54.0 Å². The Balaban J connectivity index is 1.97.